The lowest BCUT2D eigenvalue weighted by Crippen LogP contribution is -2.24. The molecule has 0 radical (unpaired) electrons. The third-order valence-corrected chi connectivity index (χ3v) is 1.39. The van der Waals surface area contributed by atoms with Crippen molar-refractivity contribution < 1.29 is 14.3 Å². The molecule has 0 unspecified atom stereocenters. The summed E-state index contributed by atoms with van der Waals surface area (Å²) in [5.41, 5.74) is 9.82. The number of thiocarbonyl (C=S) groups is 2. The summed E-state index contributed by atoms with van der Waals surface area (Å²) in [7, 11) is 2.50. The predicted molar refractivity (Wildman–Crippen MR) is 70.1 cm³/mol. The van der Waals surface area contributed by atoms with E-state index in [1.165, 1.54) is 7.11 Å². The van der Waals surface area contributed by atoms with Crippen molar-refractivity contribution in [3.63, 3.8) is 0 Å². The van der Waals surface area contributed by atoms with E-state index in [1.807, 2.05) is 0 Å². The highest BCUT2D eigenvalue weighted by Crippen LogP contribution is 2.20. The maximum atomic E-state index is 7.76. The van der Waals surface area contributed by atoms with E-state index in [2.05, 4.69) is 39.6 Å². The molecule has 10 heteroatoms. The minimum atomic E-state index is -2.10. The van der Waals surface area contributed by atoms with Crippen molar-refractivity contribution in [2.24, 2.45) is 11.5 Å². The molecular formula is C5H17N4O3PS2. The lowest BCUT2D eigenvalue weighted by molar-refractivity contribution is 0.310. The third-order valence-electron chi connectivity index (χ3n) is 0.656. The van der Waals surface area contributed by atoms with Crippen molar-refractivity contribution in [3.05, 3.63) is 0 Å². The van der Waals surface area contributed by atoms with Gasteiger partial charge in [-0.25, -0.2) is 0 Å². The van der Waals surface area contributed by atoms with Gasteiger partial charge in [0.1, 0.15) is 0 Å². The molecule has 0 spiro atoms. The lowest BCUT2D eigenvalue weighted by Gasteiger charge is -1.89. The molecule has 15 heavy (non-hydrogen) atoms. The van der Waals surface area contributed by atoms with Crippen LogP contribution in [0.1, 0.15) is 0 Å². The van der Waals surface area contributed by atoms with Crippen molar-refractivity contribution in [3.8, 4) is 0 Å². The maximum Gasteiger partial charge on any atom is 0.326 e. The van der Waals surface area contributed by atoms with Crippen LogP contribution in [0.2, 0.25) is 0 Å². The summed E-state index contributed by atoms with van der Waals surface area (Å²) in [5.74, 6) is 0. The van der Waals surface area contributed by atoms with Crippen molar-refractivity contribution >= 4 is 43.3 Å². The number of hydrogen-bond donors (Lipinski definition) is 6. The zero-order valence-corrected chi connectivity index (χ0v) is 11.2. The van der Waals surface area contributed by atoms with Crippen molar-refractivity contribution in [2.45, 2.75) is 0 Å². The van der Waals surface area contributed by atoms with Crippen LogP contribution in [0.4, 0.5) is 0 Å². The fourth-order valence-corrected chi connectivity index (χ4v) is 0. The Morgan fingerprint density at radius 2 is 1.27 bits per heavy atom. The van der Waals surface area contributed by atoms with Crippen LogP contribution in [0.15, 0.2) is 0 Å². The first-order chi connectivity index (χ1) is 6.81. The number of nitrogens with two attached hydrogens (primary N) is 2. The van der Waals surface area contributed by atoms with E-state index in [0.29, 0.717) is 10.2 Å². The van der Waals surface area contributed by atoms with E-state index in [4.69, 9.17) is 21.3 Å². The van der Waals surface area contributed by atoms with Gasteiger partial charge in [-0.2, -0.15) is 0 Å². The molecule has 0 aliphatic rings. The highest BCUT2D eigenvalue weighted by molar-refractivity contribution is 7.80. The molecule has 0 heterocycles. The van der Waals surface area contributed by atoms with Gasteiger partial charge in [0.05, 0.1) is 0 Å². The van der Waals surface area contributed by atoms with Gasteiger partial charge in [0.15, 0.2) is 10.2 Å². The molecule has 0 aromatic rings. The molecule has 0 atom stereocenters. The van der Waals surface area contributed by atoms with Gasteiger partial charge in [0.2, 0.25) is 0 Å². The van der Waals surface area contributed by atoms with E-state index < -0.39 is 8.60 Å². The molecule has 0 amide bonds. The van der Waals surface area contributed by atoms with E-state index in [9.17, 15) is 0 Å². The molecule has 92 valence electrons. The van der Waals surface area contributed by atoms with Crippen molar-refractivity contribution in [2.75, 3.05) is 21.2 Å². The molecule has 0 saturated carbocycles. The Hall–Kier alpha value is -0.310. The van der Waals surface area contributed by atoms with Gasteiger partial charge in [0, 0.05) is 21.2 Å². The molecule has 0 aromatic heterocycles. The normalized spacial score (nSPS) is 7.60. The number of hydrogen-bond acceptors (Lipinski definition) is 5. The molecule has 0 rings (SSSR count). The van der Waals surface area contributed by atoms with Crippen LogP contribution < -0.4 is 22.1 Å². The minimum absolute atomic E-state index is 0.338. The van der Waals surface area contributed by atoms with Crippen LogP contribution >= 0.6 is 33.0 Å². The molecule has 0 saturated heterocycles. The average Bonchev–Trinajstić information content (AvgIpc) is 2.19. The Morgan fingerprint density at radius 1 is 1.13 bits per heavy atom. The van der Waals surface area contributed by atoms with E-state index in [-0.39, 0.29) is 0 Å². The van der Waals surface area contributed by atoms with E-state index in [1.54, 1.807) is 14.1 Å². The first-order valence-electron chi connectivity index (χ1n) is 3.48. The van der Waals surface area contributed by atoms with Gasteiger partial charge >= 0.3 is 8.60 Å². The summed E-state index contributed by atoms with van der Waals surface area (Å²) >= 11 is 8.73. The predicted octanol–water partition coefficient (Wildman–Crippen LogP) is -1.26. The van der Waals surface area contributed by atoms with Crippen LogP contribution in [0.25, 0.3) is 0 Å². The quantitative estimate of drug-likeness (QED) is 0.257. The monoisotopic (exact) mass is 276 g/mol. The first kappa shape index (κ1) is 20.1. The average molecular weight is 276 g/mol. The zero-order valence-electron chi connectivity index (χ0n) is 8.72. The molecule has 7 nitrogen and oxygen atoms in total. The number of nitrogens with one attached hydrogen (secondary N) is 2. The van der Waals surface area contributed by atoms with Gasteiger partial charge in [-0.3, -0.25) is 0 Å². The lowest BCUT2D eigenvalue weighted by atomic mass is 11.1. The SMILES string of the molecule is CNC(N)=S.CNC(N)=S.COP(O)O. The van der Waals surface area contributed by atoms with Gasteiger partial charge in [-0.05, 0) is 24.4 Å². The summed E-state index contributed by atoms with van der Waals surface area (Å²) in [6.45, 7) is 0. The number of rotatable bonds is 1. The van der Waals surface area contributed by atoms with Crippen LogP contribution in [0.3, 0.4) is 0 Å². The maximum absolute atomic E-state index is 7.76. The summed E-state index contributed by atoms with van der Waals surface area (Å²) in [6.07, 6.45) is 0. The van der Waals surface area contributed by atoms with Crippen LogP contribution in [-0.4, -0.2) is 41.2 Å². The van der Waals surface area contributed by atoms with Gasteiger partial charge in [-0.15, -0.1) is 0 Å². The van der Waals surface area contributed by atoms with E-state index >= 15 is 0 Å². The smallest absolute Gasteiger partial charge is 0.326 e. The van der Waals surface area contributed by atoms with Crippen LogP contribution in [0, 0.1) is 0 Å². The first-order valence-corrected chi connectivity index (χ1v) is 5.46. The van der Waals surface area contributed by atoms with Crippen LogP contribution in [-0.2, 0) is 4.52 Å². The standard InChI is InChI=1S/2C2H6N2S.CH5O3P/c2*1-4-2(3)5;1-4-5(2)3/h2*1H3,(H3,3,4,5);2-3H,1H3. The van der Waals surface area contributed by atoms with Crippen molar-refractivity contribution in [1.82, 2.24) is 10.6 Å². The summed E-state index contributed by atoms with van der Waals surface area (Å²) < 4.78 is 3.93. The molecular weight excluding hydrogens is 259 g/mol. The van der Waals surface area contributed by atoms with E-state index in [0.717, 1.165) is 0 Å². The second kappa shape index (κ2) is 16.1. The van der Waals surface area contributed by atoms with Gasteiger partial charge < -0.3 is 36.4 Å². The minimum Gasteiger partial charge on any atom is -0.376 e. The fraction of sp³-hybridized carbons (Fsp3) is 0.600. The Labute approximate surface area is 101 Å². The second-order valence-corrected chi connectivity index (χ2v) is 3.41. The van der Waals surface area contributed by atoms with Gasteiger partial charge in [-0.1, -0.05) is 0 Å². The topological polar surface area (TPSA) is 126 Å². The van der Waals surface area contributed by atoms with Crippen LogP contribution in [0.5, 0.6) is 0 Å². The third kappa shape index (κ3) is 57.8. The molecule has 0 bridgehead atoms. The Bertz CT molecular complexity index is 158. The molecule has 0 aliphatic carbocycles. The molecule has 8 N–H and O–H groups in total. The summed E-state index contributed by atoms with van der Waals surface area (Å²) in [5, 5.41) is 5.75. The second-order valence-electron chi connectivity index (χ2n) is 1.66. The molecule has 0 aromatic carbocycles. The zero-order chi connectivity index (χ0) is 12.9. The Balaban J connectivity index is -0.000000144. The summed E-state index contributed by atoms with van der Waals surface area (Å²) in [6, 6.07) is 0. The highest BCUT2D eigenvalue weighted by atomic mass is 32.1. The largest absolute Gasteiger partial charge is 0.376 e. The molecule has 0 aliphatic heterocycles. The summed E-state index contributed by atoms with van der Waals surface area (Å²) in [4.78, 5) is 15.5. The molecule has 0 fully saturated rings. The highest BCUT2D eigenvalue weighted by Gasteiger charge is 1.86. The fourth-order valence-electron chi connectivity index (χ4n) is 0. The Morgan fingerprint density at radius 3 is 1.27 bits per heavy atom. The van der Waals surface area contributed by atoms with Crippen molar-refractivity contribution in [1.29, 1.82) is 0 Å². The van der Waals surface area contributed by atoms with Gasteiger partial charge in [0.25, 0.3) is 0 Å². The Kier molecular flexibility index (Phi) is 21.7.